The number of nitrogens with zero attached hydrogens (tertiary/aromatic N) is 2. The molecule has 8 aromatic carbocycles. The topological polar surface area (TPSA) is 6.48 Å². The molecule has 9 aromatic rings. The molecule has 0 saturated carbocycles. The lowest BCUT2D eigenvalue weighted by Crippen LogP contribution is -2.21. The van der Waals surface area contributed by atoms with Gasteiger partial charge in [-0.1, -0.05) is 103 Å². The first-order valence-corrected chi connectivity index (χ1v) is 21.5. The first kappa shape index (κ1) is 34.1. The summed E-state index contributed by atoms with van der Waals surface area (Å²) >= 11 is 1.90. The Hall–Kier alpha value is -6.16. The van der Waals surface area contributed by atoms with E-state index in [-0.39, 0.29) is 0 Å². The zero-order valence-electron chi connectivity index (χ0n) is 32.1. The number of benzene rings is 8. The Morgan fingerprint density at radius 3 is 1.47 bits per heavy atom. The number of hydrogen-bond acceptors (Lipinski definition) is 3. The van der Waals surface area contributed by atoms with Gasteiger partial charge in [-0.25, -0.2) is 0 Å². The first-order valence-electron chi connectivity index (χ1n) is 20.7. The molecule has 2 aliphatic rings. The van der Waals surface area contributed by atoms with Gasteiger partial charge in [-0.3, -0.25) is 0 Å². The van der Waals surface area contributed by atoms with Crippen molar-refractivity contribution >= 4 is 76.4 Å². The van der Waals surface area contributed by atoms with Crippen molar-refractivity contribution in [3.8, 4) is 11.1 Å². The Kier molecular flexibility index (Phi) is 8.62. The molecule has 0 unspecified atom stereocenters. The van der Waals surface area contributed by atoms with Crippen LogP contribution in [0.25, 0.3) is 42.1 Å². The summed E-state index contributed by atoms with van der Waals surface area (Å²) in [5, 5.41) is 5.09. The number of thiophene rings is 1. The summed E-state index contributed by atoms with van der Waals surface area (Å²) in [4.78, 5) is 5.07. The van der Waals surface area contributed by atoms with E-state index >= 15 is 0 Å². The van der Waals surface area contributed by atoms with Crippen LogP contribution in [-0.2, 0) is 25.7 Å². The van der Waals surface area contributed by atoms with Gasteiger partial charge in [0.15, 0.2) is 0 Å². The van der Waals surface area contributed by atoms with E-state index in [1.165, 1.54) is 90.5 Å². The number of fused-ring (bicyclic) bond motifs is 6. The lowest BCUT2D eigenvalue weighted by atomic mass is 9.75. The molecule has 57 heavy (non-hydrogen) atoms. The summed E-state index contributed by atoms with van der Waals surface area (Å²) in [5.74, 6) is 0. The molecule has 3 heteroatoms. The molecule has 1 aromatic heterocycles. The Balaban J connectivity index is 1.13. The van der Waals surface area contributed by atoms with Gasteiger partial charge in [-0.15, -0.1) is 11.3 Å². The molecule has 2 nitrogen and oxygen atoms in total. The Morgan fingerprint density at radius 1 is 0.368 bits per heavy atom. The van der Waals surface area contributed by atoms with Crippen LogP contribution in [0.1, 0.15) is 47.9 Å². The van der Waals surface area contributed by atoms with E-state index in [1.807, 2.05) is 11.3 Å². The summed E-state index contributed by atoms with van der Waals surface area (Å²) in [5.41, 5.74) is 16.7. The maximum absolute atomic E-state index is 2.64. The van der Waals surface area contributed by atoms with Crippen LogP contribution in [0.5, 0.6) is 0 Å². The van der Waals surface area contributed by atoms with E-state index in [9.17, 15) is 0 Å². The van der Waals surface area contributed by atoms with Crippen LogP contribution in [-0.4, -0.2) is 0 Å². The molecule has 0 spiro atoms. The summed E-state index contributed by atoms with van der Waals surface area (Å²) < 4.78 is 2.63. The summed E-state index contributed by atoms with van der Waals surface area (Å²) in [6.45, 7) is 0. The Bertz CT molecular complexity index is 2870. The third-order valence-electron chi connectivity index (χ3n) is 12.4. The number of hydrogen-bond donors (Lipinski definition) is 0. The molecule has 0 N–H and O–H groups in total. The van der Waals surface area contributed by atoms with Gasteiger partial charge in [0, 0.05) is 48.3 Å². The van der Waals surface area contributed by atoms with Crippen molar-refractivity contribution in [2.24, 2.45) is 0 Å². The van der Waals surface area contributed by atoms with Crippen LogP contribution in [0.4, 0.5) is 34.1 Å². The second kappa shape index (κ2) is 14.4. The van der Waals surface area contributed by atoms with Crippen LogP contribution in [0.2, 0.25) is 0 Å². The van der Waals surface area contributed by atoms with Crippen LogP contribution in [0.3, 0.4) is 0 Å². The first-order chi connectivity index (χ1) is 28.3. The van der Waals surface area contributed by atoms with Gasteiger partial charge in [0.05, 0.1) is 11.4 Å². The largest absolute Gasteiger partial charge is 0.310 e. The van der Waals surface area contributed by atoms with Crippen molar-refractivity contribution in [3.05, 3.63) is 192 Å². The highest BCUT2D eigenvalue weighted by Crippen LogP contribution is 2.51. The monoisotopic (exact) mass is 752 g/mol. The van der Waals surface area contributed by atoms with Crippen LogP contribution >= 0.6 is 11.3 Å². The summed E-state index contributed by atoms with van der Waals surface area (Å²) in [6.07, 6.45) is 9.52. The third-order valence-corrected chi connectivity index (χ3v) is 13.5. The molecule has 11 rings (SSSR count). The van der Waals surface area contributed by atoms with Gasteiger partial charge in [0.2, 0.25) is 0 Å². The predicted molar refractivity (Wildman–Crippen MR) is 245 cm³/mol. The van der Waals surface area contributed by atoms with Gasteiger partial charge in [0.1, 0.15) is 0 Å². The van der Waals surface area contributed by atoms with Crippen molar-refractivity contribution < 1.29 is 0 Å². The van der Waals surface area contributed by atoms with Crippen molar-refractivity contribution in [3.63, 3.8) is 0 Å². The zero-order chi connectivity index (χ0) is 37.7. The van der Waals surface area contributed by atoms with Gasteiger partial charge in [-0.2, -0.15) is 0 Å². The van der Waals surface area contributed by atoms with E-state index in [0.717, 1.165) is 37.1 Å². The normalized spacial score (nSPS) is 13.8. The minimum Gasteiger partial charge on any atom is -0.310 e. The molecular formula is C54H44N2S. The van der Waals surface area contributed by atoms with E-state index in [2.05, 4.69) is 180 Å². The summed E-state index contributed by atoms with van der Waals surface area (Å²) in [7, 11) is 0. The lowest BCUT2D eigenvalue weighted by Gasteiger charge is -2.37. The van der Waals surface area contributed by atoms with Crippen molar-refractivity contribution in [1.29, 1.82) is 0 Å². The zero-order valence-corrected chi connectivity index (χ0v) is 32.9. The molecule has 1 heterocycles. The summed E-state index contributed by atoms with van der Waals surface area (Å²) in [6, 6.07) is 63.0. The molecule has 2 aliphatic carbocycles. The van der Waals surface area contributed by atoms with Crippen LogP contribution < -0.4 is 9.80 Å². The maximum atomic E-state index is 2.64. The molecule has 0 bridgehead atoms. The molecule has 0 saturated heterocycles. The second-order valence-electron chi connectivity index (χ2n) is 15.7. The minimum absolute atomic E-state index is 1.12. The van der Waals surface area contributed by atoms with Gasteiger partial charge >= 0.3 is 0 Å². The van der Waals surface area contributed by atoms with E-state index < -0.39 is 0 Å². The average molecular weight is 753 g/mol. The van der Waals surface area contributed by atoms with Crippen LogP contribution in [0.15, 0.2) is 170 Å². The Labute approximate surface area is 339 Å². The third kappa shape index (κ3) is 5.92. The van der Waals surface area contributed by atoms with E-state index in [0.29, 0.717) is 0 Å². The Morgan fingerprint density at radius 2 is 0.860 bits per heavy atom. The van der Waals surface area contributed by atoms with E-state index in [1.54, 1.807) is 22.3 Å². The smallest absolute Gasteiger partial charge is 0.0540 e. The standard InChI is InChI=1S/C54H44N2S/c1-4-18-38(19-5-1)53-44-26-12-14-28-46(44)54(47-29-15-13-27-45(47)53)56(40-23-8-3-9-24-40)42-32-34-52-49(36-42)48-35-41(31-33-51(48)57-52)55(39-21-6-2-7-22-39)50-30-16-20-37-17-10-11-25-43(37)50/h1-11,16-25,30-36H,12-15,26-29H2. The molecule has 0 radical (unpaired) electrons. The van der Waals surface area contributed by atoms with Gasteiger partial charge in [-0.05, 0) is 157 Å². The molecule has 0 aliphatic heterocycles. The van der Waals surface area contributed by atoms with Crippen molar-refractivity contribution in [2.45, 2.75) is 51.4 Å². The SMILES string of the molecule is c1ccc(-c2c3c(c(N(c4ccccc4)c4ccc5sc6ccc(N(c7ccccc7)c7cccc8ccccc78)cc6c5c4)c4c2CCCC4)CCCC3)cc1. The molecule has 276 valence electrons. The molecule has 0 atom stereocenters. The molecular weight excluding hydrogens is 709 g/mol. The average Bonchev–Trinajstić information content (AvgIpc) is 3.65. The van der Waals surface area contributed by atoms with Crippen LogP contribution in [0, 0.1) is 0 Å². The second-order valence-corrected chi connectivity index (χ2v) is 16.8. The lowest BCUT2D eigenvalue weighted by molar-refractivity contribution is 0.661. The van der Waals surface area contributed by atoms with E-state index in [4.69, 9.17) is 0 Å². The quantitative estimate of drug-likeness (QED) is 0.160. The predicted octanol–water partition coefficient (Wildman–Crippen LogP) is 15.6. The maximum Gasteiger partial charge on any atom is 0.0540 e. The fraction of sp³-hybridized carbons (Fsp3) is 0.148. The molecule has 0 amide bonds. The fourth-order valence-corrected chi connectivity index (χ4v) is 11.0. The molecule has 0 fully saturated rings. The van der Waals surface area contributed by atoms with Gasteiger partial charge < -0.3 is 9.80 Å². The number of para-hydroxylation sites is 2. The highest BCUT2D eigenvalue weighted by atomic mass is 32.1. The number of anilines is 6. The highest BCUT2D eigenvalue weighted by Gasteiger charge is 2.31. The van der Waals surface area contributed by atoms with Crippen molar-refractivity contribution in [1.82, 2.24) is 0 Å². The fourth-order valence-electron chi connectivity index (χ4n) is 9.90. The minimum atomic E-state index is 1.12. The van der Waals surface area contributed by atoms with Crippen molar-refractivity contribution in [2.75, 3.05) is 9.80 Å². The van der Waals surface area contributed by atoms with Gasteiger partial charge in [0.25, 0.3) is 0 Å². The highest BCUT2D eigenvalue weighted by molar-refractivity contribution is 7.25. The number of rotatable bonds is 7.